The highest BCUT2D eigenvalue weighted by molar-refractivity contribution is 6.07. The Kier molecular flexibility index (Phi) is 9.71. The van der Waals surface area contributed by atoms with Crippen molar-refractivity contribution in [1.29, 1.82) is 0 Å². The van der Waals surface area contributed by atoms with Gasteiger partial charge in [-0.15, -0.1) is 0 Å². The largest absolute Gasteiger partial charge is 0.493 e. The van der Waals surface area contributed by atoms with E-state index in [9.17, 15) is 4.79 Å². The van der Waals surface area contributed by atoms with Crippen molar-refractivity contribution >= 4 is 17.7 Å². The summed E-state index contributed by atoms with van der Waals surface area (Å²) in [5, 5.41) is 3.13. The second-order valence-electron chi connectivity index (χ2n) is 12.2. The molecule has 238 valence electrons. The zero-order valence-electron chi connectivity index (χ0n) is 27.3. The minimum Gasteiger partial charge on any atom is -0.493 e. The third kappa shape index (κ3) is 7.27. The second-order valence-corrected chi connectivity index (χ2v) is 12.2. The van der Waals surface area contributed by atoms with Crippen LogP contribution in [-0.2, 0) is 24.3 Å². The first-order valence-corrected chi connectivity index (χ1v) is 16.0. The number of carbonyl (C=O) groups excluding carboxylic acids is 1. The number of rotatable bonds is 10. The van der Waals surface area contributed by atoms with Gasteiger partial charge in [-0.25, -0.2) is 0 Å². The maximum absolute atomic E-state index is 13.2. The van der Waals surface area contributed by atoms with E-state index in [1.54, 1.807) is 21.3 Å². The fourth-order valence-electron chi connectivity index (χ4n) is 6.34. The number of methoxy groups -OCH3 is 3. The molecule has 0 atom stereocenters. The molecule has 0 bridgehead atoms. The molecule has 1 aliphatic heterocycles. The van der Waals surface area contributed by atoms with E-state index in [1.807, 2.05) is 24.3 Å². The molecule has 1 amide bonds. The van der Waals surface area contributed by atoms with Crippen LogP contribution in [-0.4, -0.2) is 63.2 Å². The highest BCUT2D eigenvalue weighted by Gasteiger charge is 2.20. The molecule has 4 aromatic rings. The van der Waals surface area contributed by atoms with Gasteiger partial charge in [0.2, 0.25) is 5.75 Å². The number of hydrogen-bond acceptors (Lipinski definition) is 6. The fraction of sp³-hybridized carbons (Fsp3) is 0.308. The third-order valence-electron chi connectivity index (χ3n) is 9.03. The minimum absolute atomic E-state index is 0.0256. The molecule has 7 heteroatoms. The standard InChI is InChI=1S/C39H43N3O4/c1-27-5-9-30(10-6-27)32-13-11-31-12-14-33(24-34(31)23-32)39(43)40-35-15-7-28(8-16-35)25-41-17-19-42(20-18-41)26-29-21-36(44-2)38(46-4)37(22-29)45-3/h5-11,13,15-16,21-24H,12,14,17-20,25-26H2,1-4H3,(H,40,43). The van der Waals surface area contributed by atoms with Crippen molar-refractivity contribution in [3.63, 3.8) is 0 Å². The molecule has 1 saturated heterocycles. The van der Waals surface area contributed by atoms with Gasteiger partial charge in [0.05, 0.1) is 21.3 Å². The number of piperazine rings is 1. The van der Waals surface area contributed by atoms with Crippen molar-refractivity contribution in [3.8, 4) is 28.4 Å². The van der Waals surface area contributed by atoms with Crippen LogP contribution >= 0.6 is 0 Å². The summed E-state index contributed by atoms with van der Waals surface area (Å²) in [4.78, 5) is 18.2. The number of aryl methyl sites for hydroxylation is 2. The van der Waals surface area contributed by atoms with Gasteiger partial charge in [0.25, 0.3) is 5.91 Å². The number of fused-ring (bicyclic) bond motifs is 1. The molecular formula is C39H43N3O4. The zero-order valence-corrected chi connectivity index (χ0v) is 27.3. The van der Waals surface area contributed by atoms with E-state index in [-0.39, 0.29) is 5.91 Å². The lowest BCUT2D eigenvalue weighted by molar-refractivity contribution is -0.112. The van der Waals surface area contributed by atoms with Gasteiger partial charge < -0.3 is 19.5 Å². The molecule has 1 fully saturated rings. The number of ether oxygens (including phenoxy) is 3. The number of benzene rings is 4. The third-order valence-corrected chi connectivity index (χ3v) is 9.03. The lowest BCUT2D eigenvalue weighted by Gasteiger charge is -2.35. The first kappa shape index (κ1) is 31.4. The smallest absolute Gasteiger partial charge is 0.251 e. The van der Waals surface area contributed by atoms with Crippen LogP contribution in [0.2, 0.25) is 0 Å². The lowest BCUT2D eigenvalue weighted by atomic mass is 9.89. The van der Waals surface area contributed by atoms with Crippen molar-refractivity contribution in [1.82, 2.24) is 9.80 Å². The van der Waals surface area contributed by atoms with Gasteiger partial charge in [-0.05, 0) is 89.6 Å². The molecule has 0 unspecified atom stereocenters. The number of amides is 1. The SMILES string of the molecule is COc1cc(CN2CCN(Cc3ccc(NC(=O)C4=Cc5cc(-c6ccc(C)cc6)ccc5CC4)cc3)CC2)cc(OC)c1OC. The summed E-state index contributed by atoms with van der Waals surface area (Å²) < 4.78 is 16.5. The average molecular weight is 618 g/mol. The van der Waals surface area contributed by atoms with Crippen LogP contribution in [0.15, 0.2) is 84.4 Å². The van der Waals surface area contributed by atoms with Crippen LogP contribution in [0.1, 0.15) is 34.2 Å². The lowest BCUT2D eigenvalue weighted by Crippen LogP contribution is -2.45. The van der Waals surface area contributed by atoms with Gasteiger partial charge in [0.15, 0.2) is 11.5 Å². The van der Waals surface area contributed by atoms with Crippen LogP contribution in [0.5, 0.6) is 17.2 Å². The Labute approximate surface area is 272 Å². The molecule has 0 spiro atoms. The van der Waals surface area contributed by atoms with Gasteiger partial charge in [0, 0.05) is 50.5 Å². The Hall–Kier alpha value is -4.59. The van der Waals surface area contributed by atoms with Crippen LogP contribution in [0.25, 0.3) is 17.2 Å². The molecule has 0 aromatic heterocycles. The van der Waals surface area contributed by atoms with Crippen molar-refractivity contribution in [2.75, 3.05) is 52.8 Å². The van der Waals surface area contributed by atoms with E-state index >= 15 is 0 Å². The predicted molar refractivity (Wildman–Crippen MR) is 185 cm³/mol. The first-order valence-electron chi connectivity index (χ1n) is 16.0. The van der Waals surface area contributed by atoms with Crippen molar-refractivity contribution in [2.45, 2.75) is 32.9 Å². The number of nitrogens with zero attached hydrogens (tertiary/aromatic N) is 2. The summed E-state index contributed by atoms with van der Waals surface area (Å²) in [5.41, 5.74) is 10.1. The quantitative estimate of drug-likeness (QED) is 0.207. The van der Waals surface area contributed by atoms with E-state index in [0.717, 1.165) is 74.5 Å². The fourth-order valence-corrected chi connectivity index (χ4v) is 6.34. The molecular weight excluding hydrogens is 574 g/mol. The van der Waals surface area contributed by atoms with Gasteiger partial charge in [0.1, 0.15) is 0 Å². The number of nitrogens with one attached hydrogen (secondary N) is 1. The molecule has 7 nitrogen and oxygen atoms in total. The summed E-state index contributed by atoms with van der Waals surface area (Å²) >= 11 is 0. The minimum atomic E-state index is -0.0256. The van der Waals surface area contributed by atoms with Crippen molar-refractivity contribution in [3.05, 3.63) is 112 Å². The Morgan fingerprint density at radius 2 is 1.30 bits per heavy atom. The summed E-state index contributed by atoms with van der Waals surface area (Å²) in [6.07, 6.45) is 3.67. The highest BCUT2D eigenvalue weighted by atomic mass is 16.5. The van der Waals surface area contributed by atoms with Gasteiger partial charge in [-0.3, -0.25) is 14.6 Å². The average Bonchev–Trinajstić information content (AvgIpc) is 3.09. The van der Waals surface area contributed by atoms with E-state index in [4.69, 9.17) is 14.2 Å². The van der Waals surface area contributed by atoms with Crippen molar-refractivity contribution in [2.24, 2.45) is 0 Å². The Morgan fingerprint density at radius 3 is 1.91 bits per heavy atom. The molecule has 4 aromatic carbocycles. The van der Waals surface area contributed by atoms with Gasteiger partial charge in [-0.2, -0.15) is 0 Å². The molecule has 0 radical (unpaired) electrons. The monoisotopic (exact) mass is 617 g/mol. The molecule has 0 saturated carbocycles. The van der Waals surface area contributed by atoms with Crippen LogP contribution in [0.4, 0.5) is 5.69 Å². The molecule has 1 aliphatic carbocycles. The Morgan fingerprint density at radius 1 is 0.696 bits per heavy atom. The number of hydrogen-bond donors (Lipinski definition) is 1. The van der Waals surface area contributed by atoms with Crippen LogP contribution in [0.3, 0.4) is 0 Å². The van der Waals surface area contributed by atoms with Gasteiger partial charge in [-0.1, -0.05) is 54.1 Å². The Bertz CT molecular complexity index is 1680. The van der Waals surface area contributed by atoms with Gasteiger partial charge >= 0.3 is 0 Å². The summed E-state index contributed by atoms with van der Waals surface area (Å²) in [6.45, 7) is 7.76. The van der Waals surface area contributed by atoms with Crippen LogP contribution < -0.4 is 19.5 Å². The summed E-state index contributed by atoms with van der Waals surface area (Å²) in [5.74, 6) is 1.96. The molecule has 1 heterocycles. The van der Waals surface area contributed by atoms with E-state index in [0.29, 0.717) is 17.2 Å². The summed E-state index contributed by atoms with van der Waals surface area (Å²) in [6, 6.07) is 27.5. The predicted octanol–water partition coefficient (Wildman–Crippen LogP) is 6.97. The zero-order chi connectivity index (χ0) is 32.0. The topological polar surface area (TPSA) is 63.3 Å². The summed E-state index contributed by atoms with van der Waals surface area (Å²) in [7, 11) is 4.92. The van der Waals surface area contributed by atoms with E-state index in [2.05, 4.69) is 82.7 Å². The maximum Gasteiger partial charge on any atom is 0.251 e. The van der Waals surface area contributed by atoms with E-state index in [1.165, 1.54) is 27.8 Å². The normalized spacial score (nSPS) is 15.1. The van der Waals surface area contributed by atoms with Crippen molar-refractivity contribution < 1.29 is 19.0 Å². The van der Waals surface area contributed by atoms with Crippen LogP contribution in [0, 0.1) is 6.92 Å². The molecule has 1 N–H and O–H groups in total. The second kappa shape index (κ2) is 14.2. The number of anilines is 1. The number of carbonyl (C=O) groups is 1. The molecule has 46 heavy (non-hydrogen) atoms. The highest BCUT2D eigenvalue weighted by Crippen LogP contribution is 2.38. The molecule has 6 rings (SSSR count). The maximum atomic E-state index is 13.2. The van der Waals surface area contributed by atoms with E-state index < -0.39 is 0 Å². The molecule has 2 aliphatic rings. The Balaban J connectivity index is 1.01. The first-order chi connectivity index (χ1) is 22.4.